The summed E-state index contributed by atoms with van der Waals surface area (Å²) in [6, 6.07) is 5.63. The standard InChI is InChI=1S/C18H15ClF4O3/c1-3-17(24)26-15-6-4-5-14(20)11(15)9-25-16-8-13(19)10(2)7-12(16)18(21,22)23/h4-8H,3,9H2,1-2H3. The topological polar surface area (TPSA) is 35.5 Å². The third kappa shape index (κ3) is 4.66. The Bertz CT molecular complexity index is 819. The van der Waals surface area contributed by atoms with Gasteiger partial charge in [0.1, 0.15) is 23.9 Å². The lowest BCUT2D eigenvalue weighted by Gasteiger charge is -2.17. The van der Waals surface area contributed by atoms with E-state index in [0.29, 0.717) is 0 Å². The highest BCUT2D eigenvalue weighted by molar-refractivity contribution is 6.31. The van der Waals surface area contributed by atoms with Crippen molar-refractivity contribution >= 4 is 17.6 Å². The van der Waals surface area contributed by atoms with Crippen molar-refractivity contribution in [1.82, 2.24) is 0 Å². The van der Waals surface area contributed by atoms with Gasteiger partial charge in [0.05, 0.1) is 11.1 Å². The molecule has 0 atom stereocenters. The maximum atomic E-state index is 14.1. The molecule has 2 rings (SSSR count). The molecular weight excluding hydrogens is 376 g/mol. The zero-order valence-corrected chi connectivity index (χ0v) is 14.7. The van der Waals surface area contributed by atoms with E-state index in [1.807, 2.05) is 0 Å². The molecule has 8 heteroatoms. The van der Waals surface area contributed by atoms with Gasteiger partial charge in [-0.3, -0.25) is 4.79 Å². The van der Waals surface area contributed by atoms with Crippen molar-refractivity contribution in [2.45, 2.75) is 33.1 Å². The van der Waals surface area contributed by atoms with Gasteiger partial charge < -0.3 is 9.47 Å². The lowest BCUT2D eigenvalue weighted by Crippen LogP contribution is -2.12. The van der Waals surface area contributed by atoms with Crippen LogP contribution in [0.2, 0.25) is 5.02 Å². The number of benzene rings is 2. The van der Waals surface area contributed by atoms with Crippen molar-refractivity contribution in [3.8, 4) is 11.5 Å². The summed E-state index contributed by atoms with van der Waals surface area (Å²) < 4.78 is 63.8. The van der Waals surface area contributed by atoms with Crippen molar-refractivity contribution < 1.29 is 31.8 Å². The van der Waals surface area contributed by atoms with Gasteiger partial charge in [-0.1, -0.05) is 24.6 Å². The first-order valence-corrected chi connectivity index (χ1v) is 7.99. The van der Waals surface area contributed by atoms with Gasteiger partial charge in [-0.05, 0) is 36.8 Å². The number of hydrogen-bond acceptors (Lipinski definition) is 3. The number of hydrogen-bond donors (Lipinski definition) is 0. The van der Waals surface area contributed by atoms with Crippen LogP contribution in [0.25, 0.3) is 0 Å². The molecule has 0 aliphatic rings. The Kier molecular flexibility index (Phi) is 6.13. The Morgan fingerprint density at radius 1 is 1.19 bits per heavy atom. The predicted octanol–water partition coefficient (Wildman–Crippen LogP) is 5.70. The fourth-order valence-electron chi connectivity index (χ4n) is 2.12. The van der Waals surface area contributed by atoms with Crippen LogP contribution in [0.4, 0.5) is 17.6 Å². The molecule has 0 fully saturated rings. The molecular formula is C18H15ClF4O3. The third-order valence-corrected chi connectivity index (χ3v) is 3.93. The summed E-state index contributed by atoms with van der Waals surface area (Å²) in [5.74, 6) is -2.02. The largest absolute Gasteiger partial charge is 0.488 e. The van der Waals surface area contributed by atoms with Crippen LogP contribution < -0.4 is 9.47 Å². The van der Waals surface area contributed by atoms with Crippen LogP contribution in [-0.2, 0) is 17.6 Å². The smallest absolute Gasteiger partial charge is 0.419 e. The second kappa shape index (κ2) is 7.95. The van der Waals surface area contributed by atoms with Gasteiger partial charge in [0.25, 0.3) is 0 Å². The normalized spacial score (nSPS) is 11.3. The fourth-order valence-corrected chi connectivity index (χ4v) is 2.28. The first-order valence-electron chi connectivity index (χ1n) is 7.61. The number of carbonyl (C=O) groups excluding carboxylic acids is 1. The van der Waals surface area contributed by atoms with Crippen LogP contribution in [0.3, 0.4) is 0 Å². The van der Waals surface area contributed by atoms with Gasteiger partial charge in [-0.2, -0.15) is 13.2 Å². The molecule has 0 aromatic heterocycles. The summed E-state index contributed by atoms with van der Waals surface area (Å²) in [4.78, 5) is 11.4. The minimum Gasteiger partial charge on any atom is -0.488 e. The summed E-state index contributed by atoms with van der Waals surface area (Å²) >= 11 is 5.88. The molecule has 0 amide bonds. The van der Waals surface area contributed by atoms with E-state index in [4.69, 9.17) is 21.1 Å². The maximum absolute atomic E-state index is 14.1. The lowest BCUT2D eigenvalue weighted by atomic mass is 10.1. The Morgan fingerprint density at radius 3 is 2.50 bits per heavy atom. The molecule has 2 aromatic rings. The van der Waals surface area contributed by atoms with E-state index in [1.54, 1.807) is 6.92 Å². The zero-order chi connectivity index (χ0) is 19.5. The average Bonchev–Trinajstić information content (AvgIpc) is 2.56. The summed E-state index contributed by atoms with van der Waals surface area (Å²) in [6.45, 7) is 2.42. The number of halogens is 5. The molecule has 0 heterocycles. The molecule has 26 heavy (non-hydrogen) atoms. The monoisotopic (exact) mass is 390 g/mol. The molecule has 0 unspecified atom stereocenters. The molecule has 0 spiro atoms. The highest BCUT2D eigenvalue weighted by Gasteiger charge is 2.35. The van der Waals surface area contributed by atoms with Crippen LogP contribution in [0.15, 0.2) is 30.3 Å². The summed E-state index contributed by atoms with van der Waals surface area (Å²) in [5, 5.41) is 0.0826. The van der Waals surface area contributed by atoms with Gasteiger partial charge >= 0.3 is 12.1 Å². The van der Waals surface area contributed by atoms with Crippen LogP contribution in [-0.4, -0.2) is 5.97 Å². The van der Waals surface area contributed by atoms with Gasteiger partial charge in [-0.25, -0.2) is 4.39 Å². The highest BCUT2D eigenvalue weighted by atomic mass is 35.5. The average molecular weight is 391 g/mol. The van der Waals surface area contributed by atoms with Crippen molar-refractivity contribution in [3.63, 3.8) is 0 Å². The number of ether oxygens (including phenoxy) is 2. The van der Waals surface area contributed by atoms with E-state index in [-0.39, 0.29) is 28.3 Å². The molecule has 0 aliphatic carbocycles. The Hall–Kier alpha value is -2.28. The van der Waals surface area contributed by atoms with Crippen LogP contribution in [0.1, 0.15) is 30.0 Å². The van der Waals surface area contributed by atoms with Crippen LogP contribution >= 0.6 is 11.6 Å². The van der Waals surface area contributed by atoms with E-state index < -0.39 is 35.9 Å². The zero-order valence-electron chi connectivity index (χ0n) is 13.9. The van der Waals surface area contributed by atoms with Gasteiger partial charge in [0.2, 0.25) is 0 Å². The van der Waals surface area contributed by atoms with Crippen molar-refractivity contribution in [2.75, 3.05) is 0 Å². The maximum Gasteiger partial charge on any atom is 0.419 e. The van der Waals surface area contributed by atoms with E-state index in [2.05, 4.69) is 0 Å². The van der Waals surface area contributed by atoms with E-state index in [9.17, 15) is 22.4 Å². The van der Waals surface area contributed by atoms with Gasteiger partial charge in [0, 0.05) is 11.4 Å². The molecule has 0 saturated carbocycles. The van der Waals surface area contributed by atoms with E-state index in [1.165, 1.54) is 19.1 Å². The molecule has 2 aromatic carbocycles. The lowest BCUT2D eigenvalue weighted by molar-refractivity contribution is -0.139. The highest BCUT2D eigenvalue weighted by Crippen LogP contribution is 2.39. The quantitative estimate of drug-likeness (QED) is 0.373. The van der Waals surface area contributed by atoms with E-state index >= 15 is 0 Å². The van der Waals surface area contributed by atoms with Gasteiger partial charge in [0.15, 0.2) is 0 Å². The summed E-state index contributed by atoms with van der Waals surface area (Å²) in [5.41, 5.74) is -0.961. The molecule has 140 valence electrons. The number of carbonyl (C=O) groups is 1. The summed E-state index contributed by atoms with van der Waals surface area (Å²) in [7, 11) is 0. The Labute approximate surface area is 152 Å². The second-order valence-electron chi connectivity index (χ2n) is 5.43. The van der Waals surface area contributed by atoms with Crippen LogP contribution in [0.5, 0.6) is 11.5 Å². The van der Waals surface area contributed by atoms with Crippen molar-refractivity contribution in [3.05, 3.63) is 57.9 Å². The number of alkyl halides is 3. The van der Waals surface area contributed by atoms with Gasteiger partial charge in [-0.15, -0.1) is 0 Å². The molecule has 0 bridgehead atoms. The number of esters is 1. The van der Waals surface area contributed by atoms with Crippen molar-refractivity contribution in [1.29, 1.82) is 0 Å². The first kappa shape index (κ1) is 20.0. The Morgan fingerprint density at radius 2 is 1.88 bits per heavy atom. The number of aryl methyl sites for hydroxylation is 1. The minimum atomic E-state index is -4.67. The third-order valence-electron chi connectivity index (χ3n) is 3.53. The predicted molar refractivity (Wildman–Crippen MR) is 87.8 cm³/mol. The van der Waals surface area contributed by atoms with Crippen molar-refractivity contribution in [2.24, 2.45) is 0 Å². The van der Waals surface area contributed by atoms with E-state index in [0.717, 1.165) is 18.2 Å². The minimum absolute atomic E-state index is 0.0581. The second-order valence-corrected chi connectivity index (χ2v) is 5.84. The molecule has 0 radical (unpaired) electrons. The first-order chi connectivity index (χ1) is 12.1. The molecule has 0 aliphatic heterocycles. The molecule has 0 saturated heterocycles. The SMILES string of the molecule is CCC(=O)Oc1cccc(F)c1COc1cc(Cl)c(C)cc1C(F)(F)F. The molecule has 0 N–H and O–H groups in total. The fraction of sp³-hybridized carbons (Fsp3) is 0.278. The summed E-state index contributed by atoms with van der Waals surface area (Å²) in [6.07, 6.45) is -4.61. The molecule has 3 nitrogen and oxygen atoms in total. The van der Waals surface area contributed by atoms with Crippen LogP contribution in [0, 0.1) is 12.7 Å². The Balaban J connectivity index is 2.35. The number of rotatable bonds is 5.